The van der Waals surface area contributed by atoms with Crippen molar-refractivity contribution in [2.45, 2.75) is 19.8 Å². The van der Waals surface area contributed by atoms with Crippen molar-refractivity contribution in [3.05, 3.63) is 30.1 Å². The molecule has 90 valence electrons. The SMILES string of the molecule is CC(CCC(=O)O)=NNC(=O)c1ccncc1. The number of aliphatic carboxylic acids is 1. The van der Waals surface area contributed by atoms with Crippen molar-refractivity contribution in [2.75, 3.05) is 0 Å². The van der Waals surface area contributed by atoms with Gasteiger partial charge in [0, 0.05) is 23.7 Å². The number of aromatic nitrogens is 1. The Kier molecular flexibility index (Phi) is 4.80. The van der Waals surface area contributed by atoms with Crippen LogP contribution in [0.5, 0.6) is 0 Å². The van der Waals surface area contributed by atoms with Gasteiger partial charge in [0.2, 0.25) is 0 Å². The van der Waals surface area contributed by atoms with E-state index < -0.39 is 5.97 Å². The standard InChI is InChI=1S/C11H13N3O3/c1-8(2-3-10(15)16)13-14-11(17)9-4-6-12-7-5-9/h4-7H,2-3H2,1H3,(H,14,17)(H,15,16). The molecule has 0 aliphatic carbocycles. The minimum atomic E-state index is -0.889. The Morgan fingerprint density at radius 1 is 1.35 bits per heavy atom. The molecule has 1 amide bonds. The minimum absolute atomic E-state index is 0.000457. The number of pyridine rings is 1. The zero-order valence-electron chi connectivity index (χ0n) is 9.38. The highest BCUT2D eigenvalue weighted by Gasteiger charge is 2.03. The minimum Gasteiger partial charge on any atom is -0.481 e. The quantitative estimate of drug-likeness (QED) is 0.589. The number of hydrogen-bond acceptors (Lipinski definition) is 4. The smallest absolute Gasteiger partial charge is 0.303 e. The van der Waals surface area contributed by atoms with E-state index in [1.807, 2.05) is 0 Å². The summed E-state index contributed by atoms with van der Waals surface area (Å²) in [6.45, 7) is 1.66. The molecular formula is C11H13N3O3. The van der Waals surface area contributed by atoms with Gasteiger partial charge >= 0.3 is 5.97 Å². The van der Waals surface area contributed by atoms with Gasteiger partial charge in [0.1, 0.15) is 0 Å². The Morgan fingerprint density at radius 3 is 2.59 bits per heavy atom. The highest BCUT2D eigenvalue weighted by molar-refractivity contribution is 5.95. The van der Waals surface area contributed by atoms with Gasteiger partial charge in [-0.1, -0.05) is 0 Å². The predicted molar refractivity (Wildman–Crippen MR) is 61.7 cm³/mol. The van der Waals surface area contributed by atoms with Crippen LogP contribution in [0.25, 0.3) is 0 Å². The summed E-state index contributed by atoms with van der Waals surface area (Å²) in [4.78, 5) is 25.6. The second-order valence-electron chi connectivity index (χ2n) is 3.42. The Labute approximate surface area is 98.4 Å². The van der Waals surface area contributed by atoms with Gasteiger partial charge in [0.25, 0.3) is 5.91 Å². The van der Waals surface area contributed by atoms with E-state index in [-0.39, 0.29) is 12.3 Å². The van der Waals surface area contributed by atoms with Crippen LogP contribution in [0.1, 0.15) is 30.1 Å². The van der Waals surface area contributed by atoms with Gasteiger partial charge in [0.15, 0.2) is 0 Å². The van der Waals surface area contributed by atoms with Crippen LogP contribution in [0.2, 0.25) is 0 Å². The van der Waals surface area contributed by atoms with E-state index >= 15 is 0 Å². The maximum absolute atomic E-state index is 11.5. The number of nitrogens with one attached hydrogen (secondary N) is 1. The number of carboxylic acid groups (broad SMARTS) is 1. The predicted octanol–water partition coefficient (Wildman–Crippen LogP) is 1.05. The molecule has 1 aromatic rings. The molecule has 0 saturated carbocycles. The van der Waals surface area contributed by atoms with E-state index in [1.54, 1.807) is 19.1 Å². The summed E-state index contributed by atoms with van der Waals surface area (Å²) in [6, 6.07) is 3.13. The summed E-state index contributed by atoms with van der Waals surface area (Å²) >= 11 is 0. The molecule has 0 aliphatic rings. The molecule has 6 nitrogen and oxygen atoms in total. The van der Waals surface area contributed by atoms with Gasteiger partial charge in [-0.15, -0.1) is 0 Å². The van der Waals surface area contributed by atoms with E-state index in [0.717, 1.165) is 0 Å². The van der Waals surface area contributed by atoms with E-state index in [1.165, 1.54) is 12.4 Å². The molecule has 1 aromatic heterocycles. The van der Waals surface area contributed by atoms with Gasteiger partial charge in [-0.05, 0) is 25.5 Å². The van der Waals surface area contributed by atoms with Crippen LogP contribution in [-0.4, -0.2) is 27.7 Å². The molecule has 0 fully saturated rings. The number of hydrazone groups is 1. The van der Waals surface area contributed by atoms with E-state index in [0.29, 0.717) is 17.7 Å². The summed E-state index contributed by atoms with van der Waals surface area (Å²) in [5, 5.41) is 12.3. The summed E-state index contributed by atoms with van der Waals surface area (Å²) in [7, 11) is 0. The highest BCUT2D eigenvalue weighted by atomic mass is 16.4. The van der Waals surface area contributed by atoms with Crippen molar-refractivity contribution >= 4 is 17.6 Å². The average Bonchev–Trinajstić information content (AvgIpc) is 2.34. The van der Waals surface area contributed by atoms with Crippen LogP contribution < -0.4 is 5.43 Å². The second kappa shape index (κ2) is 6.37. The maximum Gasteiger partial charge on any atom is 0.303 e. The Hall–Kier alpha value is -2.24. The molecule has 0 aromatic carbocycles. The molecule has 0 unspecified atom stereocenters. The van der Waals surface area contributed by atoms with E-state index in [4.69, 9.17) is 5.11 Å². The number of nitrogens with zero attached hydrogens (tertiary/aromatic N) is 2. The Bertz CT molecular complexity index is 429. The fourth-order valence-corrected chi connectivity index (χ4v) is 1.06. The van der Waals surface area contributed by atoms with Crippen molar-refractivity contribution < 1.29 is 14.7 Å². The molecule has 0 bridgehead atoms. The first-order valence-corrected chi connectivity index (χ1v) is 5.05. The van der Waals surface area contributed by atoms with Gasteiger partial charge < -0.3 is 5.11 Å². The molecule has 0 saturated heterocycles. The monoisotopic (exact) mass is 235 g/mol. The van der Waals surface area contributed by atoms with Crippen molar-refractivity contribution in [3.63, 3.8) is 0 Å². The number of carboxylic acids is 1. The summed E-state index contributed by atoms with van der Waals surface area (Å²) in [5.74, 6) is -1.23. The number of carbonyl (C=O) groups is 2. The lowest BCUT2D eigenvalue weighted by Gasteiger charge is -2.01. The zero-order chi connectivity index (χ0) is 12.7. The summed E-state index contributed by atoms with van der Waals surface area (Å²) in [5.41, 5.74) is 3.37. The summed E-state index contributed by atoms with van der Waals surface area (Å²) in [6.07, 6.45) is 3.33. The molecule has 2 N–H and O–H groups in total. The summed E-state index contributed by atoms with van der Waals surface area (Å²) < 4.78 is 0. The van der Waals surface area contributed by atoms with Gasteiger partial charge in [-0.3, -0.25) is 14.6 Å². The van der Waals surface area contributed by atoms with Crippen LogP contribution >= 0.6 is 0 Å². The van der Waals surface area contributed by atoms with Gasteiger partial charge in [-0.25, -0.2) is 5.43 Å². The van der Waals surface area contributed by atoms with E-state index in [9.17, 15) is 9.59 Å². The van der Waals surface area contributed by atoms with Crippen LogP contribution in [0.4, 0.5) is 0 Å². The van der Waals surface area contributed by atoms with Crippen molar-refractivity contribution in [1.82, 2.24) is 10.4 Å². The van der Waals surface area contributed by atoms with Gasteiger partial charge in [-0.2, -0.15) is 5.10 Å². The molecule has 1 rings (SSSR count). The molecular weight excluding hydrogens is 222 g/mol. The third kappa shape index (κ3) is 4.87. The fourth-order valence-electron chi connectivity index (χ4n) is 1.06. The molecule has 6 heteroatoms. The number of rotatable bonds is 5. The normalized spacial score (nSPS) is 11.0. The molecule has 0 spiro atoms. The topological polar surface area (TPSA) is 91.6 Å². The van der Waals surface area contributed by atoms with Crippen LogP contribution in [0.3, 0.4) is 0 Å². The molecule has 0 atom stereocenters. The van der Waals surface area contributed by atoms with Crippen molar-refractivity contribution in [3.8, 4) is 0 Å². The molecule has 0 radical (unpaired) electrons. The highest BCUT2D eigenvalue weighted by Crippen LogP contribution is 1.96. The lowest BCUT2D eigenvalue weighted by molar-refractivity contribution is -0.136. The van der Waals surface area contributed by atoms with Crippen LogP contribution in [-0.2, 0) is 4.79 Å². The first kappa shape index (κ1) is 12.8. The zero-order valence-corrected chi connectivity index (χ0v) is 9.38. The third-order valence-corrected chi connectivity index (χ3v) is 1.99. The molecule has 0 aliphatic heterocycles. The van der Waals surface area contributed by atoms with Crippen molar-refractivity contribution in [2.24, 2.45) is 5.10 Å². The van der Waals surface area contributed by atoms with Gasteiger partial charge in [0.05, 0.1) is 6.42 Å². The Balaban J connectivity index is 2.47. The molecule has 1 heterocycles. The Morgan fingerprint density at radius 2 is 2.00 bits per heavy atom. The third-order valence-electron chi connectivity index (χ3n) is 1.99. The van der Waals surface area contributed by atoms with Crippen molar-refractivity contribution in [1.29, 1.82) is 0 Å². The number of carbonyl (C=O) groups excluding carboxylic acids is 1. The number of hydrogen-bond donors (Lipinski definition) is 2. The first-order valence-electron chi connectivity index (χ1n) is 5.05. The van der Waals surface area contributed by atoms with E-state index in [2.05, 4.69) is 15.5 Å². The number of amides is 1. The first-order chi connectivity index (χ1) is 8.09. The lowest BCUT2D eigenvalue weighted by Crippen LogP contribution is -2.19. The van der Waals surface area contributed by atoms with Crippen LogP contribution in [0, 0.1) is 0 Å². The second-order valence-corrected chi connectivity index (χ2v) is 3.42. The fraction of sp³-hybridized carbons (Fsp3) is 0.273. The maximum atomic E-state index is 11.5. The average molecular weight is 235 g/mol. The lowest BCUT2D eigenvalue weighted by atomic mass is 10.2. The van der Waals surface area contributed by atoms with Crippen LogP contribution in [0.15, 0.2) is 29.6 Å². The largest absolute Gasteiger partial charge is 0.481 e. The molecule has 17 heavy (non-hydrogen) atoms.